The van der Waals surface area contributed by atoms with Crippen LogP contribution in [0.1, 0.15) is 27.7 Å². The monoisotopic (exact) mass is 752 g/mol. The van der Waals surface area contributed by atoms with Crippen molar-refractivity contribution in [2.45, 2.75) is 5.41 Å². The van der Waals surface area contributed by atoms with E-state index >= 15 is 0 Å². The molecular formula is C57H36N2. The summed E-state index contributed by atoms with van der Waals surface area (Å²) < 4.78 is 39.7. The van der Waals surface area contributed by atoms with Gasteiger partial charge in [0.15, 0.2) is 0 Å². The van der Waals surface area contributed by atoms with Crippen molar-refractivity contribution in [1.82, 2.24) is 4.57 Å². The molecule has 10 aromatic carbocycles. The number of benzene rings is 10. The Hall–Kier alpha value is -7.68. The van der Waals surface area contributed by atoms with Gasteiger partial charge in [0.1, 0.15) is 0 Å². The molecule has 1 atom stereocenters. The summed E-state index contributed by atoms with van der Waals surface area (Å²) in [7, 11) is 0. The fraction of sp³-hybridized carbons (Fsp3) is 0.0175. The smallest absolute Gasteiger partial charge is 0.0726 e. The third kappa shape index (κ3) is 4.35. The third-order valence-corrected chi connectivity index (χ3v) is 12.9. The Morgan fingerprint density at radius 2 is 1.05 bits per heavy atom. The minimum absolute atomic E-state index is 0.0129. The molecule has 274 valence electrons. The summed E-state index contributed by atoms with van der Waals surface area (Å²) >= 11 is 0. The molecule has 1 heterocycles. The molecule has 1 aromatic heterocycles. The quantitative estimate of drug-likeness (QED) is 0.174. The molecule has 0 saturated carbocycles. The summed E-state index contributed by atoms with van der Waals surface area (Å²) in [4.78, 5) is 2.35. The molecule has 0 saturated heterocycles. The Morgan fingerprint density at radius 1 is 0.407 bits per heavy atom. The summed E-state index contributed by atoms with van der Waals surface area (Å²) in [6, 6.07) is 68.2. The van der Waals surface area contributed by atoms with Crippen LogP contribution in [-0.2, 0) is 5.41 Å². The number of aromatic nitrogens is 1. The number of hydrogen-bond acceptors (Lipinski definition) is 1. The molecule has 2 nitrogen and oxygen atoms in total. The number of para-hydroxylation sites is 2. The van der Waals surface area contributed by atoms with Crippen molar-refractivity contribution >= 4 is 60.4 Å². The molecule has 0 aliphatic heterocycles. The maximum absolute atomic E-state index is 9.77. The minimum atomic E-state index is -1.06. The first-order valence-corrected chi connectivity index (χ1v) is 20.2. The second-order valence-electron chi connectivity index (χ2n) is 15.7. The molecule has 13 rings (SSSR count). The van der Waals surface area contributed by atoms with Crippen LogP contribution < -0.4 is 4.90 Å². The van der Waals surface area contributed by atoms with E-state index in [0.717, 1.165) is 99.5 Å². The standard InChI is InChI=1S/C57H36N2/c1-2-19-39(20-3-1)59-54-29-11-8-24-46(54)48-35-40(32-34-55(48)59)58(53-30-14-16-37-15-4-5-21-42(37)53)41-31-33-45-43-22-6-9-26-49(43)57(52(45)36-41)50-27-10-7-23-44(50)47-25-12-17-38-18-13-28-51(57)56(38)47/h1-36H/i6D,9D,22D,26D. The molecule has 0 bridgehead atoms. The SMILES string of the molecule is [2H]c1c([2H])c([2H])c2c(c1[2H])-c1ccc(N(c3ccc4c(c3)c3ccccc3n4-c3ccccc3)c3cccc4ccccc34)cc1C21c2ccccc2-c2cccc3cccc1c23. The highest BCUT2D eigenvalue weighted by atomic mass is 15.1. The van der Waals surface area contributed by atoms with Crippen molar-refractivity contribution in [3.05, 3.63) is 241 Å². The Labute approximate surface area is 348 Å². The Kier molecular flexibility index (Phi) is 5.91. The minimum Gasteiger partial charge on any atom is -0.310 e. The van der Waals surface area contributed by atoms with Gasteiger partial charge in [0.2, 0.25) is 0 Å². The van der Waals surface area contributed by atoms with Crippen LogP contribution in [0.5, 0.6) is 0 Å². The molecule has 2 aliphatic rings. The summed E-state index contributed by atoms with van der Waals surface area (Å²) in [6.45, 7) is 0. The van der Waals surface area contributed by atoms with E-state index in [-0.39, 0.29) is 24.2 Å². The van der Waals surface area contributed by atoms with Gasteiger partial charge in [0.05, 0.1) is 27.6 Å². The van der Waals surface area contributed by atoms with Crippen LogP contribution in [0.25, 0.3) is 71.3 Å². The van der Waals surface area contributed by atoms with Crippen molar-refractivity contribution in [1.29, 1.82) is 0 Å². The van der Waals surface area contributed by atoms with E-state index in [1.54, 1.807) is 0 Å². The van der Waals surface area contributed by atoms with Crippen molar-refractivity contribution in [3.8, 4) is 27.9 Å². The number of nitrogens with zero attached hydrogens (tertiary/aromatic N) is 2. The van der Waals surface area contributed by atoms with Gasteiger partial charge in [-0.05, 0) is 115 Å². The van der Waals surface area contributed by atoms with Crippen LogP contribution in [0, 0.1) is 0 Å². The van der Waals surface area contributed by atoms with Gasteiger partial charge in [-0.15, -0.1) is 0 Å². The van der Waals surface area contributed by atoms with E-state index in [0.29, 0.717) is 11.1 Å². The lowest BCUT2D eigenvalue weighted by Gasteiger charge is -2.40. The molecule has 0 amide bonds. The zero-order valence-electron chi connectivity index (χ0n) is 35.9. The Morgan fingerprint density at radius 3 is 1.98 bits per heavy atom. The van der Waals surface area contributed by atoms with E-state index in [2.05, 4.69) is 204 Å². The number of anilines is 3. The van der Waals surface area contributed by atoms with Crippen LogP contribution in [0.2, 0.25) is 0 Å². The van der Waals surface area contributed by atoms with E-state index < -0.39 is 5.41 Å². The largest absolute Gasteiger partial charge is 0.310 e. The Bertz CT molecular complexity index is 3750. The normalized spacial score (nSPS) is 15.8. The molecule has 1 spiro atoms. The number of fused-ring (bicyclic) bond motifs is 13. The fourth-order valence-electron chi connectivity index (χ4n) is 10.5. The van der Waals surface area contributed by atoms with Gasteiger partial charge in [-0.1, -0.05) is 164 Å². The van der Waals surface area contributed by atoms with Crippen molar-refractivity contribution < 1.29 is 5.48 Å². The lowest BCUT2D eigenvalue weighted by molar-refractivity contribution is 0.773. The van der Waals surface area contributed by atoms with Gasteiger partial charge < -0.3 is 9.47 Å². The van der Waals surface area contributed by atoms with Crippen LogP contribution in [0.15, 0.2) is 218 Å². The summed E-state index contributed by atoms with van der Waals surface area (Å²) in [5.74, 6) is 0. The zero-order chi connectivity index (χ0) is 42.1. The van der Waals surface area contributed by atoms with Gasteiger partial charge >= 0.3 is 0 Å². The average molecular weight is 753 g/mol. The molecule has 59 heavy (non-hydrogen) atoms. The highest BCUT2D eigenvalue weighted by Gasteiger charge is 2.50. The fourth-order valence-corrected chi connectivity index (χ4v) is 10.5. The van der Waals surface area contributed by atoms with E-state index in [9.17, 15) is 2.74 Å². The molecule has 1 unspecified atom stereocenters. The maximum atomic E-state index is 9.77. The summed E-state index contributed by atoms with van der Waals surface area (Å²) in [5, 5.41) is 6.71. The first-order chi connectivity index (χ1) is 30.9. The van der Waals surface area contributed by atoms with E-state index in [1.807, 2.05) is 0 Å². The van der Waals surface area contributed by atoms with Crippen molar-refractivity contribution in [2.75, 3.05) is 4.90 Å². The van der Waals surface area contributed by atoms with E-state index in [4.69, 9.17) is 2.74 Å². The predicted molar refractivity (Wildman–Crippen MR) is 247 cm³/mol. The predicted octanol–water partition coefficient (Wildman–Crippen LogP) is 14.9. The van der Waals surface area contributed by atoms with Crippen LogP contribution in [0.4, 0.5) is 17.1 Å². The first kappa shape index (κ1) is 28.7. The maximum Gasteiger partial charge on any atom is 0.0726 e. The van der Waals surface area contributed by atoms with E-state index in [1.165, 1.54) is 0 Å². The molecule has 0 N–H and O–H groups in total. The second kappa shape index (κ2) is 12.2. The van der Waals surface area contributed by atoms with Crippen LogP contribution in [-0.4, -0.2) is 4.57 Å². The lowest BCUT2D eigenvalue weighted by atomic mass is 9.61. The topological polar surface area (TPSA) is 8.17 Å². The first-order valence-electron chi connectivity index (χ1n) is 22.2. The lowest BCUT2D eigenvalue weighted by Crippen LogP contribution is -2.32. The number of rotatable bonds is 4. The Balaban J connectivity index is 1.15. The van der Waals surface area contributed by atoms with Gasteiger partial charge in [-0.3, -0.25) is 0 Å². The molecule has 2 heteroatoms. The highest BCUT2D eigenvalue weighted by Crippen LogP contribution is 2.62. The zero-order valence-corrected chi connectivity index (χ0v) is 31.9. The number of hydrogen-bond donors (Lipinski definition) is 0. The molecule has 0 radical (unpaired) electrons. The summed E-state index contributed by atoms with van der Waals surface area (Å²) in [5.41, 5.74) is 12.3. The van der Waals surface area contributed by atoms with Gasteiger partial charge in [-0.25, -0.2) is 0 Å². The summed E-state index contributed by atoms with van der Waals surface area (Å²) in [6.07, 6.45) is 0. The average Bonchev–Trinajstić information content (AvgIpc) is 3.83. The van der Waals surface area contributed by atoms with Crippen LogP contribution >= 0.6 is 0 Å². The van der Waals surface area contributed by atoms with Crippen LogP contribution in [0.3, 0.4) is 0 Å². The van der Waals surface area contributed by atoms with Gasteiger partial charge in [0, 0.05) is 33.2 Å². The molecule has 11 aromatic rings. The molecular weight excluding hydrogens is 713 g/mol. The second-order valence-corrected chi connectivity index (χ2v) is 15.7. The third-order valence-electron chi connectivity index (χ3n) is 12.9. The van der Waals surface area contributed by atoms with Crippen molar-refractivity contribution in [2.24, 2.45) is 0 Å². The van der Waals surface area contributed by atoms with Crippen molar-refractivity contribution in [3.63, 3.8) is 0 Å². The van der Waals surface area contributed by atoms with Gasteiger partial charge in [0.25, 0.3) is 0 Å². The molecule has 2 aliphatic carbocycles. The van der Waals surface area contributed by atoms with Gasteiger partial charge in [-0.2, -0.15) is 0 Å². The molecule has 0 fully saturated rings. The highest BCUT2D eigenvalue weighted by molar-refractivity contribution is 6.12.